The molecule has 0 spiro atoms. The van der Waals surface area contributed by atoms with Gasteiger partial charge in [-0.05, 0) is 62.2 Å². The summed E-state index contributed by atoms with van der Waals surface area (Å²) >= 11 is 0. The molecule has 4 aliphatic rings. The van der Waals surface area contributed by atoms with Crippen LogP contribution in [0.5, 0.6) is 0 Å². The zero-order chi connectivity index (χ0) is 19.0. The van der Waals surface area contributed by atoms with E-state index in [2.05, 4.69) is 4.90 Å². The van der Waals surface area contributed by atoms with Gasteiger partial charge in [0.1, 0.15) is 6.04 Å². The number of nitrogens with zero attached hydrogens (tertiary/aromatic N) is 1. The number of rotatable bonds is 4. The minimum atomic E-state index is -0.0836. The minimum Gasteiger partial charge on any atom is -0.468 e. The first-order chi connectivity index (χ1) is 13.1. The van der Waals surface area contributed by atoms with Gasteiger partial charge in [-0.25, -0.2) is 0 Å². The number of carbonyl (C=O) groups excluding carboxylic acids is 1. The lowest BCUT2D eigenvalue weighted by Gasteiger charge is -2.45. The molecule has 4 fully saturated rings. The van der Waals surface area contributed by atoms with Gasteiger partial charge in [-0.1, -0.05) is 32.1 Å². The molecular weight excluding hydrogens is 338 g/mol. The van der Waals surface area contributed by atoms with Crippen molar-refractivity contribution in [1.29, 1.82) is 5.41 Å². The number of likely N-dealkylation sites (tertiary alicyclic amines) is 1. The first-order valence-corrected chi connectivity index (χ1v) is 11.3. The summed E-state index contributed by atoms with van der Waals surface area (Å²) in [6, 6.07) is 0.320. The van der Waals surface area contributed by atoms with Crippen LogP contribution >= 0.6 is 0 Å². The van der Waals surface area contributed by atoms with Gasteiger partial charge >= 0.3 is 5.97 Å². The van der Waals surface area contributed by atoms with Crippen LogP contribution < -0.4 is 5.73 Å². The first kappa shape index (κ1) is 19.2. The summed E-state index contributed by atoms with van der Waals surface area (Å²) in [7, 11) is 1.53. The maximum Gasteiger partial charge on any atom is 0.323 e. The number of ether oxygens (including phenoxy) is 1. The Morgan fingerprint density at radius 3 is 2.59 bits per heavy atom. The van der Waals surface area contributed by atoms with Gasteiger partial charge in [0.15, 0.2) is 0 Å². The SMILES string of the molecule is COC(=O)C1CC2CCC(C(=N)N)CC2N1CC1CCCC2CCCCC21. The summed E-state index contributed by atoms with van der Waals surface area (Å²) in [6.45, 7) is 1.05. The van der Waals surface area contributed by atoms with Gasteiger partial charge < -0.3 is 10.5 Å². The number of fused-ring (bicyclic) bond motifs is 2. The van der Waals surface area contributed by atoms with E-state index in [0.717, 1.165) is 50.0 Å². The number of amidine groups is 1. The van der Waals surface area contributed by atoms with Crippen LogP contribution in [0.15, 0.2) is 0 Å². The van der Waals surface area contributed by atoms with Crippen molar-refractivity contribution in [3.05, 3.63) is 0 Å². The second-order valence-corrected chi connectivity index (χ2v) is 9.66. The van der Waals surface area contributed by atoms with Crippen LogP contribution in [-0.2, 0) is 9.53 Å². The van der Waals surface area contributed by atoms with Crippen LogP contribution in [0.1, 0.15) is 70.6 Å². The van der Waals surface area contributed by atoms with E-state index >= 15 is 0 Å². The second kappa shape index (κ2) is 8.10. The summed E-state index contributed by atoms with van der Waals surface area (Å²) in [5.74, 6) is 3.54. The zero-order valence-corrected chi connectivity index (χ0v) is 16.9. The lowest BCUT2D eigenvalue weighted by atomic mass is 9.65. The predicted molar refractivity (Wildman–Crippen MR) is 106 cm³/mol. The van der Waals surface area contributed by atoms with Gasteiger partial charge in [-0.15, -0.1) is 0 Å². The summed E-state index contributed by atoms with van der Waals surface area (Å²) < 4.78 is 5.19. The molecule has 3 aliphatic carbocycles. The van der Waals surface area contributed by atoms with Crippen molar-refractivity contribution in [2.24, 2.45) is 35.3 Å². The molecule has 0 bridgehead atoms. The molecule has 0 aromatic heterocycles. The molecule has 5 heteroatoms. The molecule has 0 aromatic carbocycles. The average molecular weight is 376 g/mol. The summed E-state index contributed by atoms with van der Waals surface area (Å²) in [6.07, 6.45) is 13.7. The van der Waals surface area contributed by atoms with E-state index in [1.807, 2.05) is 0 Å². The third kappa shape index (κ3) is 3.76. The molecule has 0 radical (unpaired) electrons. The van der Waals surface area contributed by atoms with E-state index in [9.17, 15) is 4.79 Å². The summed E-state index contributed by atoms with van der Waals surface area (Å²) in [5, 5.41) is 7.92. The lowest BCUT2D eigenvalue weighted by molar-refractivity contribution is -0.147. The van der Waals surface area contributed by atoms with Crippen molar-refractivity contribution < 1.29 is 9.53 Å². The minimum absolute atomic E-state index is 0.0558. The Morgan fingerprint density at radius 1 is 1.04 bits per heavy atom. The van der Waals surface area contributed by atoms with Crippen molar-refractivity contribution in [3.63, 3.8) is 0 Å². The monoisotopic (exact) mass is 375 g/mol. The van der Waals surface area contributed by atoms with E-state index in [0.29, 0.717) is 17.8 Å². The number of nitrogens with two attached hydrogens (primary N) is 1. The van der Waals surface area contributed by atoms with Crippen LogP contribution in [0.3, 0.4) is 0 Å². The van der Waals surface area contributed by atoms with Gasteiger partial charge in [-0.3, -0.25) is 15.1 Å². The Hall–Kier alpha value is -1.10. The molecule has 3 saturated carbocycles. The molecule has 5 nitrogen and oxygen atoms in total. The number of methoxy groups -OCH3 is 1. The maximum absolute atomic E-state index is 12.6. The standard InChI is InChI=1S/C22H37N3O2/c1-27-22(26)20-11-15-9-10-16(21(23)24)12-19(15)25(20)13-17-7-4-6-14-5-2-3-8-18(14)17/h14-20H,2-13H2,1H3,(H3,23,24). The van der Waals surface area contributed by atoms with Crippen LogP contribution in [0.2, 0.25) is 0 Å². The van der Waals surface area contributed by atoms with Gasteiger partial charge in [0.2, 0.25) is 0 Å². The number of nitrogens with one attached hydrogen (secondary N) is 1. The molecule has 27 heavy (non-hydrogen) atoms. The van der Waals surface area contributed by atoms with Gasteiger partial charge in [0.25, 0.3) is 0 Å². The van der Waals surface area contributed by atoms with Gasteiger partial charge in [-0.2, -0.15) is 0 Å². The van der Waals surface area contributed by atoms with Crippen molar-refractivity contribution in [2.75, 3.05) is 13.7 Å². The maximum atomic E-state index is 12.6. The average Bonchev–Trinajstić information content (AvgIpc) is 3.05. The smallest absolute Gasteiger partial charge is 0.323 e. The van der Waals surface area contributed by atoms with E-state index < -0.39 is 0 Å². The van der Waals surface area contributed by atoms with Crippen molar-refractivity contribution in [1.82, 2.24) is 4.90 Å². The molecule has 1 heterocycles. The fraction of sp³-hybridized carbons (Fsp3) is 0.909. The van der Waals surface area contributed by atoms with Crippen LogP contribution in [0, 0.1) is 35.0 Å². The van der Waals surface area contributed by atoms with E-state index in [4.69, 9.17) is 15.9 Å². The highest BCUT2D eigenvalue weighted by Gasteiger charge is 2.49. The van der Waals surface area contributed by atoms with Gasteiger partial charge in [0.05, 0.1) is 12.9 Å². The molecule has 0 aromatic rings. The third-order valence-corrected chi connectivity index (χ3v) is 8.39. The van der Waals surface area contributed by atoms with Crippen molar-refractivity contribution in [3.8, 4) is 0 Å². The summed E-state index contributed by atoms with van der Waals surface area (Å²) in [5.41, 5.74) is 5.86. The highest BCUT2D eigenvalue weighted by molar-refractivity contribution is 5.80. The Labute approximate surface area is 163 Å². The molecule has 152 valence electrons. The topological polar surface area (TPSA) is 79.4 Å². The fourth-order valence-corrected chi connectivity index (χ4v) is 7.03. The lowest BCUT2D eigenvalue weighted by Crippen LogP contribution is -2.49. The highest BCUT2D eigenvalue weighted by atomic mass is 16.5. The third-order valence-electron chi connectivity index (χ3n) is 8.39. The largest absolute Gasteiger partial charge is 0.468 e. The van der Waals surface area contributed by atoms with Crippen LogP contribution in [0.25, 0.3) is 0 Å². The van der Waals surface area contributed by atoms with Crippen molar-refractivity contribution >= 4 is 11.8 Å². The Balaban J connectivity index is 1.52. The fourth-order valence-electron chi connectivity index (χ4n) is 7.03. The molecule has 1 aliphatic heterocycles. The molecular formula is C22H37N3O2. The van der Waals surface area contributed by atoms with Crippen LogP contribution in [0.4, 0.5) is 0 Å². The molecule has 7 unspecified atom stereocenters. The van der Waals surface area contributed by atoms with Crippen LogP contribution in [-0.4, -0.2) is 42.4 Å². The Bertz CT molecular complexity index is 564. The Kier molecular flexibility index (Phi) is 5.77. The molecule has 1 saturated heterocycles. The van der Waals surface area contributed by atoms with E-state index in [1.165, 1.54) is 52.1 Å². The molecule has 0 amide bonds. The Morgan fingerprint density at radius 2 is 1.81 bits per heavy atom. The normalized spacial score (nSPS) is 42.2. The zero-order valence-electron chi connectivity index (χ0n) is 16.9. The predicted octanol–water partition coefficient (Wildman–Crippen LogP) is 3.56. The number of hydrogen-bond donors (Lipinski definition) is 2. The van der Waals surface area contributed by atoms with Crippen molar-refractivity contribution in [2.45, 2.75) is 82.7 Å². The molecule has 4 rings (SSSR count). The molecule has 3 N–H and O–H groups in total. The first-order valence-electron chi connectivity index (χ1n) is 11.3. The van der Waals surface area contributed by atoms with Gasteiger partial charge in [0, 0.05) is 18.5 Å². The number of esters is 1. The quantitative estimate of drug-likeness (QED) is 0.447. The van der Waals surface area contributed by atoms with E-state index in [-0.39, 0.29) is 17.9 Å². The summed E-state index contributed by atoms with van der Waals surface area (Å²) in [4.78, 5) is 15.1. The highest BCUT2D eigenvalue weighted by Crippen LogP contribution is 2.47. The molecule has 7 atom stereocenters. The van der Waals surface area contributed by atoms with E-state index in [1.54, 1.807) is 0 Å². The second-order valence-electron chi connectivity index (χ2n) is 9.66. The number of hydrogen-bond acceptors (Lipinski definition) is 4. The number of carbonyl (C=O) groups is 1.